The molecule has 1 aromatic heterocycles. The first kappa shape index (κ1) is 20.7. The average Bonchev–Trinajstić information content (AvgIpc) is 3.35. The summed E-state index contributed by atoms with van der Waals surface area (Å²) in [7, 11) is 0. The summed E-state index contributed by atoms with van der Waals surface area (Å²) in [6.45, 7) is 4.03. The lowest BCUT2D eigenvalue weighted by atomic mass is 10.1. The first-order chi connectivity index (χ1) is 15.0. The fourth-order valence-corrected chi connectivity index (χ4v) is 3.76. The summed E-state index contributed by atoms with van der Waals surface area (Å²) >= 11 is 0. The highest BCUT2D eigenvalue weighted by molar-refractivity contribution is 5.91. The van der Waals surface area contributed by atoms with Crippen molar-refractivity contribution in [1.82, 2.24) is 25.2 Å². The Morgan fingerprint density at radius 1 is 1.16 bits per heavy atom. The molecule has 160 valence electrons. The molecule has 1 fully saturated rings. The molecule has 1 aliphatic rings. The molecule has 0 spiro atoms. The maximum atomic E-state index is 13.0. The fourth-order valence-electron chi connectivity index (χ4n) is 3.76. The van der Waals surface area contributed by atoms with Gasteiger partial charge in [-0.3, -0.25) is 9.59 Å². The van der Waals surface area contributed by atoms with E-state index in [-0.39, 0.29) is 29.2 Å². The normalized spacial score (nSPS) is 16.0. The summed E-state index contributed by atoms with van der Waals surface area (Å²) in [6.07, 6.45) is 1.98. The Labute approximate surface area is 179 Å². The highest BCUT2D eigenvalue weighted by atomic mass is 19.1. The Bertz CT molecular complexity index is 1080. The lowest BCUT2D eigenvalue weighted by molar-refractivity contribution is -0.128. The minimum Gasteiger partial charge on any atom is -0.350 e. The zero-order valence-corrected chi connectivity index (χ0v) is 17.3. The summed E-state index contributed by atoms with van der Waals surface area (Å²) in [6, 6.07) is 14.2. The van der Waals surface area contributed by atoms with E-state index in [0.29, 0.717) is 32.6 Å². The highest BCUT2D eigenvalue weighted by Crippen LogP contribution is 2.20. The predicted molar refractivity (Wildman–Crippen MR) is 113 cm³/mol. The molecule has 8 heteroatoms. The van der Waals surface area contributed by atoms with E-state index in [1.165, 1.54) is 22.4 Å². The molecule has 1 unspecified atom stereocenters. The van der Waals surface area contributed by atoms with Gasteiger partial charge in [0.2, 0.25) is 5.91 Å². The molecule has 0 bridgehead atoms. The van der Waals surface area contributed by atoms with Gasteiger partial charge in [0.25, 0.3) is 5.91 Å². The molecule has 1 N–H and O–H groups in total. The van der Waals surface area contributed by atoms with Crippen LogP contribution in [0.25, 0.3) is 0 Å². The quantitative estimate of drug-likeness (QED) is 0.636. The number of rotatable bonds is 7. The van der Waals surface area contributed by atoms with Crippen LogP contribution in [0.1, 0.15) is 33.6 Å². The molecule has 7 nitrogen and oxygen atoms in total. The van der Waals surface area contributed by atoms with Gasteiger partial charge in [0.1, 0.15) is 5.82 Å². The van der Waals surface area contributed by atoms with Gasteiger partial charge in [-0.05, 0) is 30.2 Å². The van der Waals surface area contributed by atoms with E-state index in [2.05, 4.69) is 21.7 Å². The average molecular weight is 421 g/mol. The molecular weight excluding hydrogens is 397 g/mol. The van der Waals surface area contributed by atoms with Crippen molar-refractivity contribution in [3.63, 3.8) is 0 Å². The molecule has 1 atom stereocenters. The number of nitrogens with one attached hydrogen (secondary N) is 1. The van der Waals surface area contributed by atoms with E-state index in [1.807, 2.05) is 30.0 Å². The number of carbonyl (C=O) groups is 2. The van der Waals surface area contributed by atoms with Gasteiger partial charge in [-0.25, -0.2) is 9.07 Å². The van der Waals surface area contributed by atoms with Crippen molar-refractivity contribution < 1.29 is 14.0 Å². The summed E-state index contributed by atoms with van der Waals surface area (Å²) in [5.74, 6) is -0.457. The standard InChI is InChI=1S/C23H24FN5O2/c1-16-3-2-4-18(9-16)12-28-13-19(10-22(28)30)11-25-23(31)21-15-29(27-26-21)14-17-5-7-20(24)8-6-17/h2-9,15,19H,10-14H2,1H3,(H,25,31). The first-order valence-electron chi connectivity index (χ1n) is 10.2. The zero-order chi connectivity index (χ0) is 21.8. The number of hydrogen-bond acceptors (Lipinski definition) is 4. The molecule has 2 aromatic carbocycles. The molecule has 0 aliphatic carbocycles. The third-order valence-corrected chi connectivity index (χ3v) is 5.33. The molecule has 3 aromatic rings. The van der Waals surface area contributed by atoms with Gasteiger partial charge in [-0.2, -0.15) is 0 Å². The van der Waals surface area contributed by atoms with E-state index in [0.717, 1.165) is 11.1 Å². The van der Waals surface area contributed by atoms with E-state index in [1.54, 1.807) is 18.3 Å². The van der Waals surface area contributed by atoms with Crippen LogP contribution in [0, 0.1) is 18.7 Å². The number of hydrogen-bond donors (Lipinski definition) is 1. The molecule has 2 amide bonds. The van der Waals surface area contributed by atoms with Crippen molar-refractivity contribution in [3.05, 3.63) is 82.9 Å². The Morgan fingerprint density at radius 2 is 1.97 bits per heavy atom. The molecular formula is C23H24FN5O2. The second-order valence-corrected chi connectivity index (χ2v) is 7.97. The minimum absolute atomic E-state index is 0.0653. The molecule has 1 saturated heterocycles. The zero-order valence-electron chi connectivity index (χ0n) is 17.3. The van der Waals surface area contributed by atoms with Gasteiger partial charge < -0.3 is 10.2 Å². The SMILES string of the molecule is Cc1cccc(CN2CC(CNC(=O)c3cn(Cc4ccc(F)cc4)nn3)CC2=O)c1. The monoisotopic (exact) mass is 421 g/mol. The lowest BCUT2D eigenvalue weighted by Gasteiger charge is -2.17. The van der Waals surface area contributed by atoms with Gasteiger partial charge in [-0.1, -0.05) is 47.2 Å². The number of carbonyl (C=O) groups excluding carboxylic acids is 2. The van der Waals surface area contributed by atoms with Crippen LogP contribution in [0.3, 0.4) is 0 Å². The van der Waals surface area contributed by atoms with Crippen LogP contribution in [0.2, 0.25) is 0 Å². The predicted octanol–water partition coefficient (Wildman–Crippen LogP) is 2.55. The van der Waals surface area contributed by atoms with E-state index in [9.17, 15) is 14.0 Å². The number of halogens is 1. The van der Waals surface area contributed by atoms with Gasteiger partial charge in [0, 0.05) is 32.0 Å². The molecule has 4 rings (SSSR count). The third-order valence-electron chi connectivity index (χ3n) is 5.33. The van der Waals surface area contributed by atoms with Gasteiger partial charge in [-0.15, -0.1) is 5.10 Å². The molecule has 1 aliphatic heterocycles. The van der Waals surface area contributed by atoms with Crippen molar-refractivity contribution in [3.8, 4) is 0 Å². The molecule has 2 heterocycles. The second kappa shape index (κ2) is 9.07. The number of nitrogens with zero attached hydrogens (tertiary/aromatic N) is 4. The van der Waals surface area contributed by atoms with E-state index < -0.39 is 0 Å². The number of aromatic nitrogens is 3. The second-order valence-electron chi connectivity index (χ2n) is 7.97. The summed E-state index contributed by atoms with van der Waals surface area (Å²) in [4.78, 5) is 26.6. The van der Waals surface area contributed by atoms with E-state index >= 15 is 0 Å². The third kappa shape index (κ3) is 5.33. The lowest BCUT2D eigenvalue weighted by Crippen LogP contribution is -2.31. The van der Waals surface area contributed by atoms with Gasteiger partial charge in [0.15, 0.2) is 5.69 Å². The number of aryl methyl sites for hydroxylation is 1. The Balaban J connectivity index is 1.27. The van der Waals surface area contributed by atoms with E-state index in [4.69, 9.17) is 0 Å². The van der Waals surface area contributed by atoms with Crippen LogP contribution in [-0.2, 0) is 17.9 Å². The van der Waals surface area contributed by atoms with Gasteiger partial charge >= 0.3 is 0 Å². The molecule has 0 saturated carbocycles. The number of likely N-dealkylation sites (tertiary alicyclic amines) is 1. The van der Waals surface area contributed by atoms with Crippen molar-refractivity contribution in [1.29, 1.82) is 0 Å². The van der Waals surface area contributed by atoms with Crippen molar-refractivity contribution in [2.24, 2.45) is 5.92 Å². The van der Waals surface area contributed by atoms with Gasteiger partial charge in [0.05, 0.1) is 12.7 Å². The first-order valence-corrected chi connectivity index (χ1v) is 10.2. The number of amides is 2. The van der Waals surface area contributed by atoms with Crippen molar-refractivity contribution >= 4 is 11.8 Å². The van der Waals surface area contributed by atoms with Crippen LogP contribution in [-0.4, -0.2) is 44.8 Å². The molecule has 31 heavy (non-hydrogen) atoms. The van der Waals surface area contributed by atoms with Crippen LogP contribution >= 0.6 is 0 Å². The maximum absolute atomic E-state index is 13.0. The van der Waals surface area contributed by atoms with Crippen LogP contribution in [0.5, 0.6) is 0 Å². The summed E-state index contributed by atoms with van der Waals surface area (Å²) in [5, 5.41) is 10.7. The van der Waals surface area contributed by atoms with Crippen LogP contribution in [0.4, 0.5) is 4.39 Å². The largest absolute Gasteiger partial charge is 0.350 e. The van der Waals surface area contributed by atoms with Crippen LogP contribution in [0.15, 0.2) is 54.7 Å². The van der Waals surface area contributed by atoms with Crippen LogP contribution < -0.4 is 5.32 Å². The smallest absolute Gasteiger partial charge is 0.273 e. The fraction of sp³-hybridized carbons (Fsp3) is 0.304. The molecule has 0 radical (unpaired) electrons. The minimum atomic E-state index is -0.324. The summed E-state index contributed by atoms with van der Waals surface area (Å²) in [5.41, 5.74) is 3.34. The topological polar surface area (TPSA) is 80.1 Å². The van der Waals surface area contributed by atoms with Crippen molar-refractivity contribution in [2.45, 2.75) is 26.4 Å². The maximum Gasteiger partial charge on any atom is 0.273 e. The number of benzene rings is 2. The Hall–Kier alpha value is -3.55. The summed E-state index contributed by atoms with van der Waals surface area (Å²) < 4.78 is 14.5. The Morgan fingerprint density at radius 3 is 2.74 bits per heavy atom. The highest BCUT2D eigenvalue weighted by Gasteiger charge is 2.30. The Kier molecular flexibility index (Phi) is 6.06. The van der Waals surface area contributed by atoms with Crippen molar-refractivity contribution in [2.75, 3.05) is 13.1 Å².